The zero-order chi connectivity index (χ0) is 19.5. The van der Waals surface area contributed by atoms with Crippen molar-refractivity contribution in [1.29, 1.82) is 5.26 Å². The summed E-state index contributed by atoms with van der Waals surface area (Å²) < 4.78 is 6.84. The molecule has 0 bridgehead atoms. The number of ether oxygens (including phenoxy) is 1. The molecule has 1 aliphatic rings. The molecule has 0 radical (unpaired) electrons. The molecule has 1 amide bonds. The van der Waals surface area contributed by atoms with E-state index in [0.29, 0.717) is 22.8 Å². The molecule has 7 heteroatoms. The number of hydrogen-bond donors (Lipinski definition) is 0. The third kappa shape index (κ3) is 3.90. The Morgan fingerprint density at radius 2 is 2.18 bits per heavy atom. The topological polar surface area (TPSA) is 66.2 Å². The number of aromatic nitrogens is 1. The molecule has 0 N–H and O–H groups in total. The van der Waals surface area contributed by atoms with E-state index in [9.17, 15) is 4.79 Å². The van der Waals surface area contributed by atoms with E-state index in [-0.39, 0.29) is 12.0 Å². The second kappa shape index (κ2) is 8.31. The van der Waals surface area contributed by atoms with Crippen LogP contribution in [0.15, 0.2) is 47.4 Å². The Morgan fingerprint density at radius 1 is 1.36 bits per heavy atom. The molecule has 142 valence electrons. The zero-order valence-corrected chi connectivity index (χ0v) is 17.1. The summed E-state index contributed by atoms with van der Waals surface area (Å²) in [6, 6.07) is 15.0. The highest BCUT2D eigenvalue weighted by molar-refractivity contribution is 7.98. The van der Waals surface area contributed by atoms with Gasteiger partial charge in [0.1, 0.15) is 0 Å². The quantitative estimate of drug-likeness (QED) is 0.571. The summed E-state index contributed by atoms with van der Waals surface area (Å²) >= 11 is 3.21. The predicted molar refractivity (Wildman–Crippen MR) is 113 cm³/mol. The van der Waals surface area contributed by atoms with Crippen molar-refractivity contribution in [3.8, 4) is 6.07 Å². The fraction of sp³-hybridized carbons (Fsp3) is 0.286. The first-order chi connectivity index (χ1) is 13.7. The van der Waals surface area contributed by atoms with Gasteiger partial charge in [-0.2, -0.15) is 5.26 Å². The summed E-state index contributed by atoms with van der Waals surface area (Å²) in [7, 11) is 0. The van der Waals surface area contributed by atoms with E-state index in [1.807, 2.05) is 18.4 Å². The molecule has 0 aliphatic carbocycles. The number of benzene rings is 2. The average molecular weight is 410 g/mol. The van der Waals surface area contributed by atoms with Crippen molar-refractivity contribution in [2.45, 2.75) is 23.8 Å². The number of thiazole rings is 1. The number of amides is 1. The second-order valence-corrected chi connectivity index (χ2v) is 8.46. The Morgan fingerprint density at radius 3 is 2.86 bits per heavy atom. The van der Waals surface area contributed by atoms with Crippen LogP contribution in [0.5, 0.6) is 0 Å². The van der Waals surface area contributed by atoms with E-state index in [0.717, 1.165) is 29.7 Å². The maximum atomic E-state index is 13.3. The van der Waals surface area contributed by atoms with Gasteiger partial charge in [-0.1, -0.05) is 11.3 Å². The molecule has 0 spiro atoms. The van der Waals surface area contributed by atoms with E-state index in [4.69, 9.17) is 15.0 Å². The van der Waals surface area contributed by atoms with Crippen LogP contribution in [0.3, 0.4) is 0 Å². The number of carbonyl (C=O) groups is 1. The molecular formula is C21H19N3O2S2. The number of anilines is 1. The van der Waals surface area contributed by atoms with E-state index >= 15 is 0 Å². The lowest BCUT2D eigenvalue weighted by Gasteiger charge is -2.23. The van der Waals surface area contributed by atoms with Crippen molar-refractivity contribution >= 4 is 44.4 Å². The number of carbonyl (C=O) groups excluding carboxylic acids is 1. The van der Waals surface area contributed by atoms with Crippen LogP contribution in [0.4, 0.5) is 5.13 Å². The van der Waals surface area contributed by atoms with Crippen molar-refractivity contribution in [1.82, 2.24) is 4.98 Å². The van der Waals surface area contributed by atoms with Crippen molar-refractivity contribution in [3.05, 3.63) is 53.6 Å². The molecule has 1 atom stereocenters. The van der Waals surface area contributed by atoms with Crippen LogP contribution in [0.25, 0.3) is 10.2 Å². The molecule has 0 saturated carbocycles. The number of thioether (sulfide) groups is 1. The minimum atomic E-state index is -0.121. The highest BCUT2D eigenvalue weighted by Crippen LogP contribution is 2.33. The van der Waals surface area contributed by atoms with Crippen molar-refractivity contribution in [3.63, 3.8) is 0 Å². The monoisotopic (exact) mass is 409 g/mol. The number of nitrogens with zero attached hydrogens (tertiary/aromatic N) is 3. The molecular weight excluding hydrogens is 390 g/mol. The third-order valence-electron chi connectivity index (χ3n) is 4.73. The van der Waals surface area contributed by atoms with Crippen LogP contribution in [-0.4, -0.2) is 36.4 Å². The standard InChI is InChI=1S/C21H19N3O2S2/c1-27-17-8-9-18-19(11-17)28-21(23-18)24(13-16-3-2-10-26-16)20(25)15-6-4-14(12-22)5-7-15/h4-9,11,16H,2-3,10,13H2,1H3/t16-/m0/s1. The van der Waals surface area contributed by atoms with E-state index < -0.39 is 0 Å². The van der Waals surface area contributed by atoms with Crippen LogP contribution in [0.2, 0.25) is 0 Å². The van der Waals surface area contributed by atoms with Gasteiger partial charge in [-0.15, -0.1) is 11.8 Å². The van der Waals surface area contributed by atoms with Gasteiger partial charge in [-0.3, -0.25) is 9.69 Å². The summed E-state index contributed by atoms with van der Waals surface area (Å²) in [4.78, 5) is 20.9. The number of nitriles is 1. The first-order valence-electron chi connectivity index (χ1n) is 9.06. The maximum Gasteiger partial charge on any atom is 0.260 e. The molecule has 4 rings (SSSR count). The third-order valence-corrected chi connectivity index (χ3v) is 6.50. The molecule has 0 unspecified atom stereocenters. The van der Waals surface area contributed by atoms with Crippen LogP contribution >= 0.6 is 23.1 Å². The van der Waals surface area contributed by atoms with Crippen LogP contribution in [-0.2, 0) is 4.74 Å². The molecule has 5 nitrogen and oxygen atoms in total. The van der Waals surface area contributed by atoms with Gasteiger partial charge >= 0.3 is 0 Å². The Bertz CT molecular complexity index is 1030. The largest absolute Gasteiger partial charge is 0.376 e. The SMILES string of the molecule is CSc1ccc2nc(N(C[C@@H]3CCCO3)C(=O)c3ccc(C#N)cc3)sc2c1. The summed E-state index contributed by atoms with van der Waals surface area (Å²) in [5.41, 5.74) is 1.97. The summed E-state index contributed by atoms with van der Waals surface area (Å²) in [5, 5.41) is 9.67. The Labute approximate surface area is 171 Å². The normalized spacial score (nSPS) is 16.2. The van der Waals surface area contributed by atoms with E-state index in [1.165, 1.54) is 16.2 Å². The first-order valence-corrected chi connectivity index (χ1v) is 11.1. The van der Waals surface area contributed by atoms with Crippen molar-refractivity contribution in [2.24, 2.45) is 0 Å². The minimum Gasteiger partial charge on any atom is -0.376 e. The summed E-state index contributed by atoms with van der Waals surface area (Å²) in [6.45, 7) is 1.22. The second-order valence-electron chi connectivity index (χ2n) is 6.57. The van der Waals surface area contributed by atoms with Gasteiger partial charge in [0.05, 0.1) is 34.5 Å². The highest BCUT2D eigenvalue weighted by atomic mass is 32.2. The lowest BCUT2D eigenvalue weighted by Crippen LogP contribution is -2.37. The number of fused-ring (bicyclic) bond motifs is 1. The summed E-state index contributed by atoms with van der Waals surface area (Å²) in [6.07, 6.45) is 4.02. The van der Waals surface area contributed by atoms with E-state index in [1.54, 1.807) is 40.9 Å². The molecule has 3 aromatic rings. The predicted octanol–water partition coefficient (Wildman–Crippen LogP) is 4.72. The van der Waals surface area contributed by atoms with Crippen LogP contribution in [0.1, 0.15) is 28.8 Å². The smallest absolute Gasteiger partial charge is 0.260 e. The van der Waals surface area contributed by atoms with Gasteiger partial charge in [0, 0.05) is 17.1 Å². The van der Waals surface area contributed by atoms with Crippen molar-refractivity contribution < 1.29 is 9.53 Å². The molecule has 1 saturated heterocycles. The Balaban J connectivity index is 1.69. The lowest BCUT2D eigenvalue weighted by molar-refractivity contribution is 0.0917. The highest BCUT2D eigenvalue weighted by Gasteiger charge is 2.27. The first kappa shape index (κ1) is 18.9. The van der Waals surface area contributed by atoms with Gasteiger partial charge in [-0.05, 0) is 61.6 Å². The van der Waals surface area contributed by atoms with Gasteiger partial charge in [-0.25, -0.2) is 4.98 Å². The average Bonchev–Trinajstić information content (AvgIpc) is 3.40. The fourth-order valence-electron chi connectivity index (χ4n) is 3.22. The van der Waals surface area contributed by atoms with Crippen LogP contribution in [0, 0.1) is 11.3 Å². The Kier molecular flexibility index (Phi) is 5.62. The molecule has 2 heterocycles. The van der Waals surface area contributed by atoms with Gasteiger partial charge < -0.3 is 4.74 Å². The maximum absolute atomic E-state index is 13.3. The molecule has 2 aromatic carbocycles. The van der Waals surface area contributed by atoms with Gasteiger partial charge in [0.25, 0.3) is 5.91 Å². The molecule has 1 aliphatic heterocycles. The number of hydrogen-bond acceptors (Lipinski definition) is 6. The zero-order valence-electron chi connectivity index (χ0n) is 15.4. The summed E-state index contributed by atoms with van der Waals surface area (Å²) in [5.74, 6) is -0.121. The van der Waals surface area contributed by atoms with Gasteiger partial charge in [0.2, 0.25) is 0 Å². The Hall–Kier alpha value is -2.40. The van der Waals surface area contributed by atoms with Crippen LogP contribution < -0.4 is 4.90 Å². The number of rotatable bonds is 5. The molecule has 28 heavy (non-hydrogen) atoms. The molecule has 1 fully saturated rings. The fourth-order valence-corrected chi connectivity index (χ4v) is 4.75. The van der Waals surface area contributed by atoms with E-state index in [2.05, 4.69) is 12.1 Å². The molecule has 1 aromatic heterocycles. The lowest BCUT2D eigenvalue weighted by atomic mass is 10.1. The van der Waals surface area contributed by atoms with Gasteiger partial charge in [0.15, 0.2) is 5.13 Å². The minimum absolute atomic E-state index is 0.0242. The van der Waals surface area contributed by atoms with Crippen molar-refractivity contribution in [2.75, 3.05) is 24.3 Å².